The summed E-state index contributed by atoms with van der Waals surface area (Å²) in [6.45, 7) is 0. The zero-order valence-corrected chi connectivity index (χ0v) is 13.5. The summed E-state index contributed by atoms with van der Waals surface area (Å²) in [6.07, 6.45) is -0.506. The lowest BCUT2D eigenvalue weighted by Gasteiger charge is -2.03. The van der Waals surface area contributed by atoms with Crippen LogP contribution in [0.1, 0.15) is 15.9 Å². The van der Waals surface area contributed by atoms with E-state index in [2.05, 4.69) is 5.32 Å². The number of nitrogens with one attached hydrogen (secondary N) is 1. The Hall–Kier alpha value is -3.13. The lowest BCUT2D eigenvalue weighted by Crippen LogP contribution is -2.22. The van der Waals surface area contributed by atoms with Crippen LogP contribution < -0.4 is 15.8 Å². The van der Waals surface area contributed by atoms with Crippen molar-refractivity contribution < 1.29 is 24.5 Å². The van der Waals surface area contributed by atoms with Crippen molar-refractivity contribution in [3.63, 3.8) is 0 Å². The molecular weight excluding hydrogens is 332 g/mol. The fraction of sp³-hybridized carbons (Fsp3) is 0.0625. The standard InChI is InChI=1S/C9H10N2O2S.C7H6O3/c1-11-9(12)13-7-4-2-6(3-5-7)8(10)14;8-6-4-2-1-3-5(6)7(9)10/h2-5H,1H3,(H2,10,14)(H,11,12);1-4,8H,(H,9,10). The number of ether oxygens (including phenoxy) is 1. The molecule has 2 aromatic rings. The van der Waals surface area contributed by atoms with Crippen molar-refractivity contribution in [1.82, 2.24) is 5.32 Å². The summed E-state index contributed by atoms with van der Waals surface area (Å²) in [5.74, 6) is -0.863. The van der Waals surface area contributed by atoms with Gasteiger partial charge in [-0.3, -0.25) is 0 Å². The number of hydrogen-bond donors (Lipinski definition) is 4. The average Bonchev–Trinajstić information content (AvgIpc) is 2.56. The molecule has 0 fully saturated rings. The van der Waals surface area contributed by atoms with Crippen molar-refractivity contribution >= 4 is 29.3 Å². The Morgan fingerprint density at radius 3 is 2.12 bits per heavy atom. The van der Waals surface area contributed by atoms with E-state index in [0.29, 0.717) is 10.7 Å². The van der Waals surface area contributed by atoms with Crippen molar-refractivity contribution in [2.45, 2.75) is 0 Å². The lowest BCUT2D eigenvalue weighted by atomic mass is 10.2. The number of aromatic carboxylic acids is 1. The molecule has 0 aromatic heterocycles. The molecule has 0 radical (unpaired) electrons. The second-order valence-electron chi connectivity index (χ2n) is 4.35. The van der Waals surface area contributed by atoms with E-state index in [9.17, 15) is 9.59 Å². The molecule has 1 amide bonds. The van der Waals surface area contributed by atoms with Crippen molar-refractivity contribution in [1.29, 1.82) is 0 Å². The molecule has 24 heavy (non-hydrogen) atoms. The molecule has 0 aliphatic carbocycles. The third-order valence-corrected chi connectivity index (χ3v) is 2.92. The number of carbonyl (C=O) groups excluding carboxylic acids is 1. The summed E-state index contributed by atoms with van der Waals surface area (Å²) < 4.78 is 4.86. The Kier molecular flexibility index (Phi) is 7.18. The molecular formula is C16H16N2O5S. The van der Waals surface area contributed by atoms with Crippen LogP contribution in [0, 0.1) is 0 Å². The molecule has 0 heterocycles. The van der Waals surface area contributed by atoms with Crippen LogP contribution in [0.25, 0.3) is 0 Å². The molecule has 0 spiro atoms. The normalized spacial score (nSPS) is 9.21. The van der Waals surface area contributed by atoms with Gasteiger partial charge in [-0.25, -0.2) is 9.59 Å². The average molecular weight is 348 g/mol. The van der Waals surface area contributed by atoms with Crippen LogP contribution >= 0.6 is 12.2 Å². The van der Waals surface area contributed by atoms with Gasteiger partial charge in [-0.15, -0.1) is 0 Å². The van der Waals surface area contributed by atoms with E-state index in [-0.39, 0.29) is 11.3 Å². The number of phenols is 1. The van der Waals surface area contributed by atoms with Gasteiger partial charge in [-0.05, 0) is 36.4 Å². The SMILES string of the molecule is CNC(=O)Oc1ccc(C(N)=S)cc1.O=C(O)c1ccccc1O. The number of carbonyl (C=O) groups is 2. The van der Waals surface area contributed by atoms with Gasteiger partial charge in [0, 0.05) is 12.6 Å². The van der Waals surface area contributed by atoms with Crippen molar-refractivity contribution in [3.05, 3.63) is 59.7 Å². The third-order valence-electron chi connectivity index (χ3n) is 2.69. The smallest absolute Gasteiger partial charge is 0.412 e. The number of thiocarbonyl (C=S) groups is 1. The maximum atomic E-state index is 10.8. The first-order chi connectivity index (χ1) is 11.3. The van der Waals surface area contributed by atoms with Crippen molar-refractivity contribution in [3.8, 4) is 11.5 Å². The fourth-order valence-corrected chi connectivity index (χ4v) is 1.64. The number of carboxylic acid groups (broad SMARTS) is 1. The highest BCUT2D eigenvalue weighted by molar-refractivity contribution is 7.80. The number of rotatable bonds is 3. The predicted molar refractivity (Wildman–Crippen MR) is 92.5 cm³/mol. The van der Waals surface area contributed by atoms with Crippen LogP contribution in [-0.2, 0) is 0 Å². The number of aromatic hydroxyl groups is 1. The Bertz CT molecular complexity index is 732. The van der Waals surface area contributed by atoms with E-state index in [0.717, 1.165) is 5.56 Å². The molecule has 126 valence electrons. The minimum absolute atomic E-state index is 0.0671. The maximum Gasteiger partial charge on any atom is 0.412 e. The van der Waals surface area contributed by atoms with Crippen LogP contribution in [-0.4, -0.2) is 34.3 Å². The number of benzene rings is 2. The van der Waals surface area contributed by atoms with Gasteiger partial charge in [0.2, 0.25) is 0 Å². The Morgan fingerprint density at radius 2 is 1.71 bits per heavy atom. The first kappa shape index (κ1) is 18.9. The molecule has 0 unspecified atom stereocenters. The molecule has 0 atom stereocenters. The molecule has 0 saturated heterocycles. The van der Waals surface area contributed by atoms with Gasteiger partial charge in [0.15, 0.2) is 0 Å². The van der Waals surface area contributed by atoms with Crippen molar-refractivity contribution in [2.75, 3.05) is 7.05 Å². The van der Waals surface area contributed by atoms with Gasteiger partial charge in [-0.1, -0.05) is 24.4 Å². The number of hydrogen-bond acceptors (Lipinski definition) is 5. The van der Waals surface area contributed by atoms with Crippen LogP contribution in [0.15, 0.2) is 48.5 Å². The minimum atomic E-state index is -1.11. The molecule has 0 bridgehead atoms. The summed E-state index contributed by atoms with van der Waals surface area (Å²) in [4.78, 5) is 21.4. The molecule has 5 N–H and O–H groups in total. The van der Waals surface area contributed by atoms with Crippen LogP contribution in [0.3, 0.4) is 0 Å². The highest BCUT2D eigenvalue weighted by Gasteiger charge is 2.05. The Morgan fingerprint density at radius 1 is 1.12 bits per heavy atom. The quantitative estimate of drug-likeness (QED) is 0.627. The van der Waals surface area contributed by atoms with E-state index >= 15 is 0 Å². The first-order valence-corrected chi connectivity index (χ1v) is 7.06. The van der Waals surface area contributed by atoms with E-state index in [1.807, 2.05) is 0 Å². The fourth-order valence-electron chi connectivity index (χ4n) is 1.50. The number of amides is 1. The number of nitrogens with two attached hydrogens (primary N) is 1. The van der Waals surface area contributed by atoms with Gasteiger partial charge in [0.1, 0.15) is 22.1 Å². The van der Waals surface area contributed by atoms with Gasteiger partial charge < -0.3 is 26.0 Å². The zero-order chi connectivity index (χ0) is 18.1. The Labute approximate surface area is 143 Å². The van der Waals surface area contributed by atoms with Crippen LogP contribution in [0.5, 0.6) is 11.5 Å². The van der Waals surface area contributed by atoms with Gasteiger partial charge in [0.05, 0.1) is 0 Å². The topological polar surface area (TPSA) is 122 Å². The first-order valence-electron chi connectivity index (χ1n) is 6.66. The third kappa shape index (κ3) is 5.93. The van der Waals surface area contributed by atoms with Crippen LogP contribution in [0.4, 0.5) is 4.79 Å². The molecule has 8 heteroatoms. The van der Waals surface area contributed by atoms with E-state index < -0.39 is 12.1 Å². The van der Waals surface area contributed by atoms with E-state index in [4.69, 9.17) is 32.9 Å². The summed E-state index contributed by atoms with van der Waals surface area (Å²) >= 11 is 4.77. The highest BCUT2D eigenvalue weighted by atomic mass is 32.1. The summed E-state index contributed by atoms with van der Waals surface area (Å²) in [5.41, 5.74) is 6.08. The van der Waals surface area contributed by atoms with E-state index in [1.54, 1.807) is 36.4 Å². The molecule has 2 aromatic carbocycles. The molecule has 2 rings (SSSR count). The largest absolute Gasteiger partial charge is 0.507 e. The summed E-state index contributed by atoms with van der Waals surface area (Å²) in [5, 5.41) is 19.6. The summed E-state index contributed by atoms with van der Waals surface area (Å²) in [6, 6.07) is 12.5. The molecule has 7 nitrogen and oxygen atoms in total. The molecule has 0 aliphatic heterocycles. The number of carboxylic acids is 1. The molecule has 0 saturated carbocycles. The second-order valence-corrected chi connectivity index (χ2v) is 4.79. The Balaban J connectivity index is 0.000000254. The summed E-state index contributed by atoms with van der Waals surface area (Å²) in [7, 11) is 1.49. The van der Waals surface area contributed by atoms with Crippen LogP contribution in [0.2, 0.25) is 0 Å². The zero-order valence-electron chi connectivity index (χ0n) is 12.7. The van der Waals surface area contributed by atoms with Gasteiger partial charge in [-0.2, -0.15) is 0 Å². The minimum Gasteiger partial charge on any atom is -0.507 e. The second kappa shape index (κ2) is 9.11. The predicted octanol–water partition coefficient (Wildman–Crippen LogP) is 2.13. The monoisotopic (exact) mass is 348 g/mol. The maximum absolute atomic E-state index is 10.8. The lowest BCUT2D eigenvalue weighted by molar-refractivity contribution is 0.0693. The highest BCUT2D eigenvalue weighted by Crippen LogP contribution is 2.14. The number of para-hydroxylation sites is 1. The van der Waals surface area contributed by atoms with Gasteiger partial charge in [0.25, 0.3) is 0 Å². The van der Waals surface area contributed by atoms with Crippen molar-refractivity contribution in [2.24, 2.45) is 5.73 Å². The van der Waals surface area contributed by atoms with Gasteiger partial charge >= 0.3 is 12.1 Å². The molecule has 0 aliphatic rings. The van der Waals surface area contributed by atoms with E-state index in [1.165, 1.54) is 19.2 Å².